The summed E-state index contributed by atoms with van der Waals surface area (Å²) in [6, 6.07) is 7.84. The fourth-order valence-corrected chi connectivity index (χ4v) is 3.67. The average molecular weight is 349 g/mol. The Labute approximate surface area is 149 Å². The van der Waals surface area contributed by atoms with E-state index in [9.17, 15) is 10.1 Å². The zero-order chi connectivity index (χ0) is 18.3. The Morgan fingerprint density at radius 3 is 3.04 bits per heavy atom. The van der Waals surface area contributed by atoms with Crippen molar-refractivity contribution < 1.29 is 0 Å². The molecule has 0 spiro atoms. The molecule has 0 saturated carbocycles. The molecule has 3 N–H and O–H groups in total. The summed E-state index contributed by atoms with van der Waals surface area (Å²) < 4.78 is 1.80. The summed E-state index contributed by atoms with van der Waals surface area (Å²) in [7, 11) is 1.88. The highest BCUT2D eigenvalue weighted by atomic mass is 16.1. The smallest absolute Gasteiger partial charge is 0.272 e. The predicted molar refractivity (Wildman–Crippen MR) is 98.4 cm³/mol. The predicted octanol–water partition coefficient (Wildman–Crippen LogP) is 1.27. The molecule has 1 aliphatic rings. The van der Waals surface area contributed by atoms with Gasteiger partial charge in [-0.05, 0) is 30.5 Å². The molecule has 0 radical (unpaired) electrons. The maximum atomic E-state index is 12.0. The first-order chi connectivity index (χ1) is 12.6. The van der Waals surface area contributed by atoms with Crippen molar-refractivity contribution in [1.82, 2.24) is 20.0 Å². The molecule has 1 fully saturated rings. The second-order valence-electron chi connectivity index (χ2n) is 6.45. The number of aromatic amines is 1. The Morgan fingerprint density at radius 2 is 2.27 bits per heavy atom. The molecule has 4 rings (SSSR count). The molecule has 1 aliphatic heterocycles. The zero-order valence-corrected chi connectivity index (χ0v) is 14.4. The van der Waals surface area contributed by atoms with Crippen molar-refractivity contribution >= 4 is 16.6 Å². The van der Waals surface area contributed by atoms with Gasteiger partial charge in [-0.3, -0.25) is 9.48 Å². The molecule has 0 bridgehead atoms. The van der Waals surface area contributed by atoms with Crippen LogP contribution < -0.4 is 16.2 Å². The molecular weight excluding hydrogens is 330 g/mol. The van der Waals surface area contributed by atoms with Gasteiger partial charge >= 0.3 is 0 Å². The van der Waals surface area contributed by atoms with Crippen molar-refractivity contribution in [3.8, 4) is 17.2 Å². The number of nitrogens with zero attached hydrogens (tertiary/aromatic N) is 5. The molecule has 1 saturated heterocycles. The van der Waals surface area contributed by atoms with Crippen molar-refractivity contribution in [2.24, 2.45) is 12.8 Å². The van der Waals surface area contributed by atoms with Crippen LogP contribution in [0.4, 0.5) is 5.82 Å². The van der Waals surface area contributed by atoms with Crippen LogP contribution in [0.1, 0.15) is 18.5 Å². The lowest BCUT2D eigenvalue weighted by molar-refractivity contribution is 0.716. The number of nitrogens with one attached hydrogen (secondary N) is 1. The Balaban J connectivity index is 1.89. The summed E-state index contributed by atoms with van der Waals surface area (Å²) in [5.41, 5.74) is 8.04. The van der Waals surface area contributed by atoms with Gasteiger partial charge in [0.1, 0.15) is 11.9 Å². The number of hydrogen-bond donors (Lipinski definition) is 2. The van der Waals surface area contributed by atoms with Crippen LogP contribution >= 0.6 is 0 Å². The van der Waals surface area contributed by atoms with Crippen LogP contribution in [0.2, 0.25) is 0 Å². The van der Waals surface area contributed by atoms with Crippen LogP contribution in [0.25, 0.3) is 21.9 Å². The van der Waals surface area contributed by atoms with Gasteiger partial charge < -0.3 is 10.6 Å². The normalized spacial score (nSPS) is 17.0. The van der Waals surface area contributed by atoms with Crippen LogP contribution in [0.5, 0.6) is 0 Å². The molecule has 132 valence electrons. The fourth-order valence-electron chi connectivity index (χ4n) is 3.67. The highest BCUT2D eigenvalue weighted by Crippen LogP contribution is 2.35. The van der Waals surface area contributed by atoms with E-state index in [-0.39, 0.29) is 18.1 Å². The molecule has 1 unspecified atom stereocenters. The van der Waals surface area contributed by atoms with E-state index in [0.717, 1.165) is 41.7 Å². The van der Waals surface area contributed by atoms with Crippen molar-refractivity contribution in [3.63, 3.8) is 0 Å². The topological polar surface area (TPSA) is 117 Å². The van der Waals surface area contributed by atoms with E-state index in [1.165, 1.54) is 0 Å². The monoisotopic (exact) mass is 349 g/mol. The van der Waals surface area contributed by atoms with E-state index in [2.05, 4.69) is 26.3 Å². The first-order valence-corrected chi connectivity index (χ1v) is 8.54. The molecule has 8 heteroatoms. The summed E-state index contributed by atoms with van der Waals surface area (Å²) in [5, 5.41) is 21.7. The molecule has 1 aromatic carbocycles. The van der Waals surface area contributed by atoms with Gasteiger partial charge in [0.05, 0.1) is 23.3 Å². The Morgan fingerprint density at radius 1 is 1.42 bits per heavy atom. The third kappa shape index (κ3) is 2.45. The Bertz CT molecular complexity index is 1080. The number of rotatable bonds is 3. The number of nitrogens with two attached hydrogens (primary N) is 1. The SMILES string of the molecule is Cn1ncc(-c2ccc3c(=O)[nH]nc(CN)c3c2)c1N1CCCC1C#N. The first-order valence-electron chi connectivity index (χ1n) is 8.54. The number of H-pyrrole nitrogens is 1. The van der Waals surface area contributed by atoms with Gasteiger partial charge in [-0.2, -0.15) is 15.5 Å². The van der Waals surface area contributed by atoms with Crippen LogP contribution in [0.15, 0.2) is 29.2 Å². The number of aromatic nitrogens is 4. The van der Waals surface area contributed by atoms with Gasteiger partial charge in [-0.15, -0.1) is 0 Å². The minimum atomic E-state index is -0.237. The van der Waals surface area contributed by atoms with Gasteiger partial charge in [-0.1, -0.05) is 6.07 Å². The van der Waals surface area contributed by atoms with E-state index >= 15 is 0 Å². The maximum absolute atomic E-state index is 12.0. The number of aryl methyl sites for hydroxylation is 1. The highest BCUT2D eigenvalue weighted by Gasteiger charge is 2.29. The number of fused-ring (bicyclic) bond motifs is 1. The summed E-state index contributed by atoms with van der Waals surface area (Å²) in [5.74, 6) is 0.917. The van der Waals surface area contributed by atoms with Crippen LogP contribution in [0, 0.1) is 11.3 Å². The lowest BCUT2D eigenvalue weighted by Crippen LogP contribution is -2.30. The molecule has 0 aliphatic carbocycles. The van der Waals surface area contributed by atoms with Crippen molar-refractivity contribution in [1.29, 1.82) is 5.26 Å². The van der Waals surface area contributed by atoms with Crippen LogP contribution in [-0.2, 0) is 13.6 Å². The minimum absolute atomic E-state index is 0.145. The first kappa shape index (κ1) is 16.3. The molecule has 8 nitrogen and oxygen atoms in total. The van der Waals surface area contributed by atoms with Crippen molar-refractivity contribution in [2.45, 2.75) is 25.4 Å². The van der Waals surface area contributed by atoms with E-state index in [1.54, 1.807) is 16.9 Å². The summed E-state index contributed by atoms with van der Waals surface area (Å²) in [6.07, 6.45) is 3.64. The van der Waals surface area contributed by atoms with E-state index in [1.807, 2.05) is 19.2 Å². The molecule has 26 heavy (non-hydrogen) atoms. The molecule has 3 aromatic rings. The van der Waals surface area contributed by atoms with Crippen molar-refractivity contribution in [2.75, 3.05) is 11.4 Å². The molecule has 0 amide bonds. The van der Waals surface area contributed by atoms with E-state index < -0.39 is 0 Å². The van der Waals surface area contributed by atoms with Crippen LogP contribution in [0.3, 0.4) is 0 Å². The van der Waals surface area contributed by atoms with Gasteiger partial charge in [-0.25, -0.2) is 5.10 Å². The van der Waals surface area contributed by atoms with Gasteiger partial charge in [0.25, 0.3) is 5.56 Å². The number of anilines is 1. The highest BCUT2D eigenvalue weighted by molar-refractivity contribution is 5.90. The third-order valence-electron chi connectivity index (χ3n) is 4.95. The fraction of sp³-hybridized carbons (Fsp3) is 0.333. The van der Waals surface area contributed by atoms with Crippen LogP contribution in [-0.4, -0.2) is 32.6 Å². The van der Waals surface area contributed by atoms with E-state index in [0.29, 0.717) is 11.1 Å². The van der Waals surface area contributed by atoms with Gasteiger partial charge in [0, 0.05) is 31.1 Å². The van der Waals surface area contributed by atoms with Gasteiger partial charge in [0.15, 0.2) is 0 Å². The third-order valence-corrected chi connectivity index (χ3v) is 4.95. The summed E-state index contributed by atoms with van der Waals surface area (Å²) in [4.78, 5) is 14.1. The second-order valence-corrected chi connectivity index (χ2v) is 6.45. The Kier molecular flexibility index (Phi) is 3.93. The molecule has 3 heterocycles. The largest absolute Gasteiger partial charge is 0.340 e. The van der Waals surface area contributed by atoms with Crippen molar-refractivity contribution in [3.05, 3.63) is 40.4 Å². The Hall–Kier alpha value is -3.18. The number of benzene rings is 1. The lowest BCUT2D eigenvalue weighted by Gasteiger charge is -2.23. The minimum Gasteiger partial charge on any atom is -0.340 e. The quantitative estimate of drug-likeness (QED) is 0.735. The summed E-state index contributed by atoms with van der Waals surface area (Å²) in [6.45, 7) is 1.06. The molecular formula is C18H19N7O. The maximum Gasteiger partial charge on any atom is 0.272 e. The lowest BCUT2D eigenvalue weighted by atomic mass is 10.0. The number of hydrogen-bond acceptors (Lipinski definition) is 6. The zero-order valence-electron chi connectivity index (χ0n) is 14.4. The van der Waals surface area contributed by atoms with E-state index in [4.69, 9.17) is 5.73 Å². The second kappa shape index (κ2) is 6.28. The molecule has 2 aromatic heterocycles. The standard InChI is InChI=1S/C18H19N7O/c1-24-18(25-6-2-3-12(25)8-19)15(10-21-24)11-4-5-13-14(7-11)16(9-20)22-23-17(13)26/h4-5,7,10,12H,2-3,6,9,20H2,1H3,(H,23,26). The molecule has 1 atom stereocenters. The summed E-state index contributed by atoms with van der Waals surface area (Å²) >= 11 is 0. The average Bonchev–Trinajstić information content (AvgIpc) is 3.27. The number of nitriles is 1. The van der Waals surface area contributed by atoms with Gasteiger partial charge in [0.2, 0.25) is 0 Å².